The Morgan fingerprint density at radius 3 is 2.73 bits per heavy atom. The minimum atomic E-state index is 0.121. The van der Waals surface area contributed by atoms with Crippen molar-refractivity contribution in [1.29, 1.82) is 0 Å². The normalized spacial score (nSPS) is 25.5. The third-order valence-corrected chi connectivity index (χ3v) is 5.32. The lowest BCUT2D eigenvalue weighted by Gasteiger charge is -2.44. The van der Waals surface area contributed by atoms with Gasteiger partial charge in [-0.2, -0.15) is 0 Å². The van der Waals surface area contributed by atoms with Crippen molar-refractivity contribution in [2.75, 3.05) is 19.6 Å². The van der Waals surface area contributed by atoms with E-state index in [2.05, 4.69) is 10.2 Å². The zero-order valence-corrected chi connectivity index (χ0v) is 13.8. The van der Waals surface area contributed by atoms with E-state index >= 15 is 0 Å². The monoisotopic (exact) mass is 320 g/mol. The number of carbonyl (C=O) groups is 1. The van der Waals surface area contributed by atoms with Crippen molar-refractivity contribution in [1.82, 2.24) is 10.2 Å². The molecule has 1 aromatic rings. The fraction of sp³-hybridized carbons (Fsp3) is 0.611. The number of fused-ring (bicyclic) bond motifs is 1. The molecule has 0 unspecified atom stereocenters. The first-order valence-electron chi connectivity index (χ1n) is 8.47. The van der Waals surface area contributed by atoms with Crippen LogP contribution in [0.25, 0.3) is 0 Å². The van der Waals surface area contributed by atoms with Crippen LogP contribution in [0.2, 0.25) is 5.02 Å². The summed E-state index contributed by atoms with van der Waals surface area (Å²) in [4.78, 5) is 14.8. The summed E-state index contributed by atoms with van der Waals surface area (Å²) in [7, 11) is 0. The maximum Gasteiger partial charge on any atom is 0.224 e. The second-order valence-corrected chi connectivity index (χ2v) is 7.05. The number of rotatable bonds is 4. The summed E-state index contributed by atoms with van der Waals surface area (Å²) in [6, 6.07) is 8.21. The van der Waals surface area contributed by atoms with Gasteiger partial charge in [-0.15, -0.1) is 0 Å². The summed E-state index contributed by atoms with van der Waals surface area (Å²) in [5.41, 5.74) is 1.02. The molecule has 1 N–H and O–H groups in total. The molecule has 2 aliphatic heterocycles. The molecule has 2 saturated heterocycles. The lowest BCUT2D eigenvalue weighted by molar-refractivity contribution is -0.120. The van der Waals surface area contributed by atoms with E-state index in [0.717, 1.165) is 12.1 Å². The van der Waals surface area contributed by atoms with Gasteiger partial charge in [0.2, 0.25) is 5.91 Å². The van der Waals surface area contributed by atoms with E-state index in [0.29, 0.717) is 23.4 Å². The van der Waals surface area contributed by atoms with Gasteiger partial charge in [0.15, 0.2) is 0 Å². The maximum atomic E-state index is 12.1. The lowest BCUT2D eigenvalue weighted by atomic mass is 9.83. The van der Waals surface area contributed by atoms with Crippen LogP contribution < -0.4 is 5.32 Å². The van der Waals surface area contributed by atoms with Gasteiger partial charge in [-0.05, 0) is 62.4 Å². The SMILES string of the molecule is O=C(Cc1ccc(Cl)cc1)NC[C@@H]1CCCN2CCCC[C@H]12. The van der Waals surface area contributed by atoms with Crippen molar-refractivity contribution in [3.63, 3.8) is 0 Å². The van der Waals surface area contributed by atoms with Crippen LogP contribution in [-0.2, 0) is 11.2 Å². The van der Waals surface area contributed by atoms with Gasteiger partial charge < -0.3 is 10.2 Å². The lowest BCUT2D eigenvalue weighted by Crippen LogP contribution is -2.51. The van der Waals surface area contributed by atoms with Crippen LogP contribution in [0.3, 0.4) is 0 Å². The second kappa shape index (κ2) is 7.47. The first kappa shape index (κ1) is 15.8. The molecule has 120 valence electrons. The minimum absolute atomic E-state index is 0.121. The van der Waals surface area contributed by atoms with Gasteiger partial charge in [-0.3, -0.25) is 4.79 Å². The minimum Gasteiger partial charge on any atom is -0.355 e. The number of piperidine rings is 2. The summed E-state index contributed by atoms with van der Waals surface area (Å²) in [5.74, 6) is 0.749. The highest BCUT2D eigenvalue weighted by Crippen LogP contribution is 2.30. The molecule has 2 atom stereocenters. The molecular formula is C18H25ClN2O. The van der Waals surface area contributed by atoms with Crippen molar-refractivity contribution in [3.8, 4) is 0 Å². The van der Waals surface area contributed by atoms with Crippen LogP contribution in [0.1, 0.15) is 37.7 Å². The number of hydrogen-bond acceptors (Lipinski definition) is 2. The molecule has 3 rings (SSSR count). The van der Waals surface area contributed by atoms with Gasteiger partial charge in [0.1, 0.15) is 0 Å². The van der Waals surface area contributed by atoms with Crippen molar-refractivity contribution in [2.24, 2.45) is 5.92 Å². The van der Waals surface area contributed by atoms with E-state index in [1.54, 1.807) is 0 Å². The van der Waals surface area contributed by atoms with Gasteiger partial charge in [-0.25, -0.2) is 0 Å². The molecule has 1 amide bonds. The highest BCUT2D eigenvalue weighted by Gasteiger charge is 2.32. The first-order chi connectivity index (χ1) is 10.7. The van der Waals surface area contributed by atoms with Crippen LogP contribution in [0, 0.1) is 5.92 Å². The highest BCUT2D eigenvalue weighted by molar-refractivity contribution is 6.30. The Bertz CT molecular complexity index is 500. The van der Waals surface area contributed by atoms with Crippen LogP contribution >= 0.6 is 11.6 Å². The second-order valence-electron chi connectivity index (χ2n) is 6.61. The molecule has 0 aromatic heterocycles. The van der Waals surface area contributed by atoms with Crippen molar-refractivity contribution in [3.05, 3.63) is 34.9 Å². The fourth-order valence-electron chi connectivity index (χ4n) is 3.91. The Labute approximate surface area is 138 Å². The Kier molecular flexibility index (Phi) is 5.37. The van der Waals surface area contributed by atoms with Crippen LogP contribution in [-0.4, -0.2) is 36.5 Å². The third-order valence-electron chi connectivity index (χ3n) is 5.07. The Hall–Kier alpha value is -1.06. The number of benzene rings is 1. The molecule has 2 fully saturated rings. The smallest absolute Gasteiger partial charge is 0.224 e. The predicted molar refractivity (Wildman–Crippen MR) is 90.1 cm³/mol. The average Bonchev–Trinajstić information content (AvgIpc) is 2.55. The van der Waals surface area contributed by atoms with Crippen LogP contribution in [0.5, 0.6) is 0 Å². The van der Waals surface area contributed by atoms with Crippen molar-refractivity contribution < 1.29 is 4.79 Å². The molecule has 0 saturated carbocycles. The van der Waals surface area contributed by atoms with E-state index in [4.69, 9.17) is 11.6 Å². The van der Waals surface area contributed by atoms with Gasteiger partial charge in [-0.1, -0.05) is 30.2 Å². The molecule has 1 aromatic carbocycles. The third kappa shape index (κ3) is 4.02. The standard InChI is InChI=1S/C18H25ClN2O/c19-16-8-6-14(7-9-16)12-18(22)20-13-15-4-3-11-21-10-2-1-5-17(15)21/h6-9,15,17H,1-5,10-13H2,(H,20,22)/t15-,17+/m0/s1. The number of amides is 1. The largest absolute Gasteiger partial charge is 0.355 e. The quantitative estimate of drug-likeness (QED) is 0.923. The first-order valence-corrected chi connectivity index (χ1v) is 8.85. The summed E-state index contributed by atoms with van der Waals surface area (Å²) >= 11 is 5.87. The number of nitrogens with zero attached hydrogens (tertiary/aromatic N) is 1. The van der Waals surface area contributed by atoms with Crippen LogP contribution in [0.4, 0.5) is 0 Å². The fourth-order valence-corrected chi connectivity index (χ4v) is 4.04. The zero-order valence-electron chi connectivity index (χ0n) is 13.1. The molecule has 0 radical (unpaired) electrons. The van der Waals surface area contributed by atoms with E-state index in [1.165, 1.54) is 45.2 Å². The number of carbonyl (C=O) groups excluding carboxylic acids is 1. The van der Waals surface area contributed by atoms with Gasteiger partial charge in [0.25, 0.3) is 0 Å². The Morgan fingerprint density at radius 1 is 1.14 bits per heavy atom. The molecule has 0 spiro atoms. The van der Waals surface area contributed by atoms with Crippen molar-refractivity contribution in [2.45, 2.75) is 44.6 Å². The molecule has 2 aliphatic rings. The molecule has 0 bridgehead atoms. The van der Waals surface area contributed by atoms with E-state index < -0.39 is 0 Å². The van der Waals surface area contributed by atoms with Gasteiger partial charge in [0.05, 0.1) is 6.42 Å². The van der Waals surface area contributed by atoms with E-state index in [1.807, 2.05) is 24.3 Å². The van der Waals surface area contributed by atoms with Gasteiger partial charge in [0, 0.05) is 17.6 Å². The highest BCUT2D eigenvalue weighted by atomic mass is 35.5. The van der Waals surface area contributed by atoms with E-state index in [9.17, 15) is 4.79 Å². The summed E-state index contributed by atoms with van der Waals surface area (Å²) < 4.78 is 0. The predicted octanol–water partition coefficient (Wildman–Crippen LogP) is 3.26. The van der Waals surface area contributed by atoms with Gasteiger partial charge >= 0.3 is 0 Å². The summed E-state index contributed by atoms with van der Waals surface area (Å²) in [5, 5.41) is 3.86. The number of nitrogens with one attached hydrogen (secondary N) is 1. The molecule has 22 heavy (non-hydrogen) atoms. The summed E-state index contributed by atoms with van der Waals surface area (Å²) in [6.45, 7) is 3.33. The molecular weight excluding hydrogens is 296 g/mol. The van der Waals surface area contributed by atoms with Crippen LogP contribution in [0.15, 0.2) is 24.3 Å². The topological polar surface area (TPSA) is 32.3 Å². The molecule has 0 aliphatic carbocycles. The number of hydrogen-bond donors (Lipinski definition) is 1. The Balaban J connectivity index is 1.48. The number of halogens is 1. The maximum absolute atomic E-state index is 12.1. The average molecular weight is 321 g/mol. The zero-order chi connectivity index (χ0) is 15.4. The summed E-state index contributed by atoms with van der Waals surface area (Å²) in [6.07, 6.45) is 6.95. The van der Waals surface area contributed by atoms with Crippen molar-refractivity contribution >= 4 is 17.5 Å². The Morgan fingerprint density at radius 2 is 1.91 bits per heavy atom. The molecule has 3 nitrogen and oxygen atoms in total. The van der Waals surface area contributed by atoms with E-state index in [-0.39, 0.29) is 5.91 Å². The molecule has 2 heterocycles. The molecule has 4 heteroatoms.